The average Bonchev–Trinajstić information content (AvgIpc) is 3.63. The number of benzene rings is 3. The normalized spacial score (nSPS) is 17.8. The van der Waals surface area contributed by atoms with Gasteiger partial charge in [0.05, 0.1) is 11.7 Å². The van der Waals surface area contributed by atoms with Crippen molar-refractivity contribution in [1.29, 1.82) is 0 Å². The van der Waals surface area contributed by atoms with Gasteiger partial charge in [-0.05, 0) is 66.8 Å². The number of hydrogen-bond donors (Lipinski definition) is 2. The minimum absolute atomic E-state index is 0.0446. The molecule has 0 aromatic heterocycles. The van der Waals surface area contributed by atoms with E-state index in [1.54, 1.807) is 24.3 Å². The first-order chi connectivity index (χ1) is 18.1. The van der Waals surface area contributed by atoms with E-state index in [4.69, 9.17) is 14.2 Å². The maximum Gasteiger partial charge on any atom is 0.255 e. The summed E-state index contributed by atoms with van der Waals surface area (Å²) in [6, 6.07) is 19.0. The van der Waals surface area contributed by atoms with E-state index in [2.05, 4.69) is 33.7 Å². The summed E-state index contributed by atoms with van der Waals surface area (Å²) in [6.45, 7) is 2.89. The van der Waals surface area contributed by atoms with Crippen LogP contribution in [-0.2, 0) is 17.7 Å². The number of carbonyl (C=O) groups excluding carboxylic acids is 2. The highest BCUT2D eigenvalue weighted by molar-refractivity contribution is 6.06. The fourth-order valence-corrected chi connectivity index (χ4v) is 5.12. The van der Waals surface area contributed by atoms with Crippen molar-refractivity contribution in [2.75, 3.05) is 36.7 Å². The molecule has 3 aromatic rings. The van der Waals surface area contributed by atoms with Gasteiger partial charge in [0.25, 0.3) is 11.8 Å². The Bertz CT molecular complexity index is 1330. The lowest BCUT2D eigenvalue weighted by molar-refractivity contribution is 0.0858. The Hall–Kier alpha value is -4.04. The molecule has 1 fully saturated rings. The Labute approximate surface area is 215 Å². The number of nitrogens with one attached hydrogen (secondary N) is 2. The second kappa shape index (κ2) is 10.1. The lowest BCUT2D eigenvalue weighted by Crippen LogP contribution is -2.35. The molecule has 3 heterocycles. The van der Waals surface area contributed by atoms with E-state index >= 15 is 0 Å². The van der Waals surface area contributed by atoms with Crippen LogP contribution in [0.25, 0.3) is 0 Å². The third-order valence-electron chi connectivity index (χ3n) is 7.12. The standard InChI is InChI=1S/C29H29N3O5/c33-28(20-7-10-26-27(14-20)37-18-36-26)31-22-8-9-25(32-12-11-19-4-1-2-5-21(19)17-32)24(15-22)29(34)30-16-23-6-3-13-35-23/h1-2,4-5,7-10,14-15,23H,3,6,11-13,16-18H2,(H,30,34)(H,31,33). The molecule has 8 heteroatoms. The second-order valence-electron chi connectivity index (χ2n) is 9.54. The van der Waals surface area contributed by atoms with Gasteiger partial charge in [0, 0.05) is 43.2 Å². The van der Waals surface area contributed by atoms with E-state index < -0.39 is 0 Å². The van der Waals surface area contributed by atoms with Crippen LogP contribution in [0.2, 0.25) is 0 Å². The molecular formula is C29H29N3O5. The van der Waals surface area contributed by atoms with E-state index in [1.807, 2.05) is 18.2 Å². The number of ether oxygens (including phenoxy) is 3. The zero-order valence-electron chi connectivity index (χ0n) is 20.5. The van der Waals surface area contributed by atoms with Crippen molar-refractivity contribution in [3.8, 4) is 11.5 Å². The smallest absolute Gasteiger partial charge is 0.255 e. The minimum atomic E-state index is -0.288. The highest BCUT2D eigenvalue weighted by Crippen LogP contribution is 2.33. The average molecular weight is 500 g/mol. The third-order valence-corrected chi connectivity index (χ3v) is 7.12. The lowest BCUT2D eigenvalue weighted by atomic mass is 9.98. The molecule has 190 valence electrons. The van der Waals surface area contributed by atoms with Gasteiger partial charge in [0.1, 0.15) is 0 Å². The first-order valence-corrected chi connectivity index (χ1v) is 12.7. The molecule has 1 atom stereocenters. The Morgan fingerprint density at radius 1 is 0.946 bits per heavy atom. The maximum atomic E-state index is 13.4. The Morgan fingerprint density at radius 2 is 1.81 bits per heavy atom. The predicted molar refractivity (Wildman–Crippen MR) is 139 cm³/mol. The van der Waals surface area contributed by atoms with Gasteiger partial charge < -0.3 is 29.7 Å². The summed E-state index contributed by atoms with van der Waals surface area (Å²) in [4.78, 5) is 28.6. The molecule has 0 saturated carbocycles. The van der Waals surface area contributed by atoms with Crippen LogP contribution in [0.3, 0.4) is 0 Å². The highest BCUT2D eigenvalue weighted by Gasteiger charge is 2.24. The topological polar surface area (TPSA) is 89.1 Å². The molecule has 0 radical (unpaired) electrons. The first-order valence-electron chi connectivity index (χ1n) is 12.7. The predicted octanol–water partition coefficient (Wildman–Crippen LogP) is 4.14. The molecule has 1 unspecified atom stereocenters. The molecule has 37 heavy (non-hydrogen) atoms. The number of anilines is 2. The zero-order chi connectivity index (χ0) is 25.2. The molecule has 8 nitrogen and oxygen atoms in total. The van der Waals surface area contributed by atoms with Crippen LogP contribution in [-0.4, -0.2) is 44.4 Å². The number of amides is 2. The quantitative estimate of drug-likeness (QED) is 0.530. The van der Waals surface area contributed by atoms with E-state index in [1.165, 1.54) is 11.1 Å². The number of rotatable bonds is 6. The fraction of sp³-hybridized carbons (Fsp3) is 0.310. The van der Waals surface area contributed by atoms with Crippen LogP contribution < -0.4 is 25.0 Å². The summed E-state index contributed by atoms with van der Waals surface area (Å²) in [5.41, 5.74) is 4.98. The summed E-state index contributed by atoms with van der Waals surface area (Å²) >= 11 is 0. The molecule has 3 aliphatic rings. The molecule has 6 rings (SSSR count). The van der Waals surface area contributed by atoms with Gasteiger partial charge >= 0.3 is 0 Å². The van der Waals surface area contributed by atoms with Crippen LogP contribution in [0.15, 0.2) is 60.7 Å². The highest BCUT2D eigenvalue weighted by atomic mass is 16.7. The van der Waals surface area contributed by atoms with Crippen LogP contribution in [0, 0.1) is 0 Å². The summed E-state index contributed by atoms with van der Waals surface area (Å²) in [7, 11) is 0. The van der Waals surface area contributed by atoms with Crippen LogP contribution in [0.1, 0.15) is 44.7 Å². The fourth-order valence-electron chi connectivity index (χ4n) is 5.12. The van der Waals surface area contributed by atoms with Gasteiger partial charge in [-0.3, -0.25) is 9.59 Å². The molecule has 2 N–H and O–H groups in total. The zero-order valence-corrected chi connectivity index (χ0v) is 20.5. The SMILES string of the molecule is O=C(Nc1ccc(N2CCc3ccccc3C2)c(C(=O)NCC2CCCO2)c1)c1ccc2c(c1)OCO2. The Kier molecular flexibility index (Phi) is 6.40. The molecular weight excluding hydrogens is 470 g/mol. The van der Waals surface area contributed by atoms with Crippen molar-refractivity contribution >= 4 is 23.2 Å². The Morgan fingerprint density at radius 3 is 2.68 bits per heavy atom. The number of hydrogen-bond acceptors (Lipinski definition) is 6. The Balaban J connectivity index is 1.25. The largest absolute Gasteiger partial charge is 0.454 e. The second-order valence-corrected chi connectivity index (χ2v) is 9.54. The van der Waals surface area contributed by atoms with Gasteiger partial charge in [-0.2, -0.15) is 0 Å². The van der Waals surface area contributed by atoms with Crippen LogP contribution in [0.5, 0.6) is 11.5 Å². The van der Waals surface area contributed by atoms with Crippen LogP contribution >= 0.6 is 0 Å². The van der Waals surface area contributed by atoms with Gasteiger partial charge in [-0.15, -0.1) is 0 Å². The van der Waals surface area contributed by atoms with Crippen molar-refractivity contribution in [3.05, 3.63) is 82.9 Å². The van der Waals surface area contributed by atoms with Gasteiger partial charge in [-0.25, -0.2) is 0 Å². The van der Waals surface area contributed by atoms with Gasteiger partial charge in [-0.1, -0.05) is 24.3 Å². The van der Waals surface area contributed by atoms with Crippen molar-refractivity contribution in [3.63, 3.8) is 0 Å². The third kappa shape index (κ3) is 4.97. The maximum absolute atomic E-state index is 13.4. The number of fused-ring (bicyclic) bond motifs is 2. The molecule has 0 aliphatic carbocycles. The van der Waals surface area contributed by atoms with Crippen molar-refractivity contribution in [2.45, 2.75) is 31.9 Å². The van der Waals surface area contributed by atoms with E-state index in [-0.39, 0.29) is 24.7 Å². The van der Waals surface area contributed by atoms with Gasteiger partial charge in [0.15, 0.2) is 11.5 Å². The summed E-state index contributed by atoms with van der Waals surface area (Å²) in [5, 5.41) is 5.98. The molecule has 0 bridgehead atoms. The van der Waals surface area contributed by atoms with Crippen molar-refractivity contribution in [2.24, 2.45) is 0 Å². The molecule has 1 saturated heterocycles. The first kappa shape index (κ1) is 23.4. The number of carbonyl (C=O) groups is 2. The summed E-state index contributed by atoms with van der Waals surface area (Å²) in [5.74, 6) is 0.698. The molecule has 3 aliphatic heterocycles. The summed E-state index contributed by atoms with van der Waals surface area (Å²) in [6.07, 6.45) is 2.92. The van der Waals surface area contributed by atoms with Gasteiger partial charge in [0.2, 0.25) is 6.79 Å². The van der Waals surface area contributed by atoms with E-state index in [0.717, 1.165) is 44.6 Å². The van der Waals surface area contributed by atoms with E-state index in [9.17, 15) is 9.59 Å². The molecule has 2 amide bonds. The van der Waals surface area contributed by atoms with E-state index in [0.29, 0.717) is 34.9 Å². The molecule has 0 spiro atoms. The summed E-state index contributed by atoms with van der Waals surface area (Å²) < 4.78 is 16.4. The lowest BCUT2D eigenvalue weighted by Gasteiger charge is -2.32. The minimum Gasteiger partial charge on any atom is -0.454 e. The van der Waals surface area contributed by atoms with Crippen molar-refractivity contribution in [1.82, 2.24) is 5.32 Å². The van der Waals surface area contributed by atoms with Crippen molar-refractivity contribution < 1.29 is 23.8 Å². The monoisotopic (exact) mass is 499 g/mol. The number of nitrogens with zero attached hydrogens (tertiary/aromatic N) is 1. The van der Waals surface area contributed by atoms with Crippen LogP contribution in [0.4, 0.5) is 11.4 Å². The molecule has 3 aromatic carbocycles.